The number of carbonyl (C=O) groups is 4. The standard InChI is InChI=1S/C66H66N3O14P/c1-66(69(65(74)80-47-54-31-17-6-18-32-54)68-64(73)79-46-53-29-15-5-16-30-53,63(72)67-58(62(71)78-45-52-27-13-4-14-28-52)38-40-61(70)77-44-51-25-11-3-12-26-51)42-57-37-39-59(60(41-57)76-43-50-23-9-2-10-24-50)83-84(75,81-48-55-33-19-7-20-34-55)82-49-56-35-21-8-22-36-56/h2-37,39,41,58,65,74H,38,40,42-49H2,1H3,(H,67,72)(H,68,73)/p+1/t58-,65?,66-/m0/s1. The van der Waals surface area contributed by atoms with Gasteiger partial charge in [0.15, 0.2) is 11.5 Å². The highest BCUT2D eigenvalue weighted by Crippen LogP contribution is 2.53. The number of ether oxygens (including phenoxy) is 5. The van der Waals surface area contributed by atoms with Crippen molar-refractivity contribution in [1.82, 2.24) is 15.8 Å². The third-order valence-electron chi connectivity index (χ3n) is 13.1. The molecule has 0 aromatic heterocycles. The zero-order valence-electron chi connectivity index (χ0n) is 46.4. The average molecular weight is 1160 g/mol. The molecule has 0 spiro atoms. The van der Waals surface area contributed by atoms with Crippen LogP contribution in [0.1, 0.15) is 64.3 Å². The summed E-state index contributed by atoms with van der Waals surface area (Å²) in [5.74, 6) is -2.43. The van der Waals surface area contributed by atoms with Gasteiger partial charge in [-0.25, -0.2) is 19.6 Å². The Morgan fingerprint density at radius 1 is 0.500 bits per heavy atom. The molecule has 0 bridgehead atoms. The number of hydrogen-bond acceptors (Lipinski definition) is 14. The number of esters is 2. The molecule has 1 unspecified atom stereocenters. The summed E-state index contributed by atoms with van der Waals surface area (Å²) in [6.45, 7) is 0.690. The van der Waals surface area contributed by atoms with Crippen molar-refractivity contribution < 1.29 is 66.1 Å². The minimum atomic E-state index is -4.49. The largest absolute Gasteiger partial charge is 0.530 e. The lowest BCUT2D eigenvalue weighted by Gasteiger charge is -2.40. The molecule has 8 aromatic rings. The molecule has 0 aliphatic rings. The molecule has 0 aliphatic heterocycles. The summed E-state index contributed by atoms with van der Waals surface area (Å²) in [5.41, 5.74) is 5.82. The summed E-state index contributed by atoms with van der Waals surface area (Å²) in [6, 6.07) is 66.6. The quantitative estimate of drug-likeness (QED) is 0.0103. The van der Waals surface area contributed by atoms with Crippen LogP contribution in [0.4, 0.5) is 4.79 Å². The fourth-order valence-corrected chi connectivity index (χ4v) is 9.69. The zero-order chi connectivity index (χ0) is 58.8. The van der Waals surface area contributed by atoms with Crippen LogP contribution in [0.3, 0.4) is 0 Å². The maximum Gasteiger partial charge on any atom is 0.530 e. The smallest absolute Gasteiger partial charge is 0.485 e. The number of carbonyl (C=O) groups excluding carboxylic acids is 4. The lowest BCUT2D eigenvalue weighted by molar-refractivity contribution is -0.241. The van der Waals surface area contributed by atoms with Crippen LogP contribution >= 0.6 is 7.82 Å². The Hall–Kier alpha value is -8.93. The third kappa shape index (κ3) is 19.3. The van der Waals surface area contributed by atoms with Crippen LogP contribution in [0.25, 0.3) is 0 Å². The van der Waals surface area contributed by atoms with Crippen molar-refractivity contribution in [2.45, 2.75) is 90.4 Å². The van der Waals surface area contributed by atoms with Crippen LogP contribution in [0, 0.1) is 0 Å². The number of rotatable bonds is 31. The molecule has 8 rings (SSSR count). The second kappa shape index (κ2) is 31.5. The Bertz CT molecular complexity index is 3310. The molecule has 3 atom stereocenters. The van der Waals surface area contributed by atoms with E-state index in [1.54, 1.807) is 97.1 Å². The van der Waals surface area contributed by atoms with Gasteiger partial charge in [0.25, 0.3) is 0 Å². The van der Waals surface area contributed by atoms with Gasteiger partial charge in [-0.15, -0.1) is 5.01 Å². The molecule has 18 heteroatoms. The monoisotopic (exact) mass is 1160 g/mol. The molecule has 84 heavy (non-hydrogen) atoms. The van der Waals surface area contributed by atoms with E-state index in [0.717, 1.165) is 16.1 Å². The Labute approximate surface area is 488 Å². The highest BCUT2D eigenvalue weighted by Gasteiger charge is 2.48. The van der Waals surface area contributed by atoms with Crippen LogP contribution in [-0.2, 0) is 99.6 Å². The molecule has 0 radical (unpaired) electrons. The first-order chi connectivity index (χ1) is 40.9. The van der Waals surface area contributed by atoms with Crippen LogP contribution in [0.15, 0.2) is 231 Å². The van der Waals surface area contributed by atoms with Gasteiger partial charge in [0, 0.05) is 12.8 Å². The van der Waals surface area contributed by atoms with E-state index in [1.807, 2.05) is 127 Å². The molecule has 0 aliphatic carbocycles. The first kappa shape index (κ1) is 61.1. The number of phosphoric acid groups is 1. The van der Waals surface area contributed by atoms with Gasteiger partial charge in [-0.05, 0) is 70.0 Å². The average Bonchev–Trinajstić information content (AvgIpc) is 3.15. The zero-order valence-corrected chi connectivity index (χ0v) is 47.3. The van der Waals surface area contributed by atoms with Gasteiger partial charge in [-0.3, -0.25) is 23.4 Å². The molecule has 17 nitrogen and oxygen atoms in total. The van der Waals surface area contributed by atoms with Gasteiger partial charge in [0.2, 0.25) is 5.91 Å². The number of hydrogen-bond donors (Lipinski definition) is 2. The van der Waals surface area contributed by atoms with E-state index in [1.165, 1.54) is 13.0 Å². The van der Waals surface area contributed by atoms with E-state index < -0.39 is 49.8 Å². The fraction of sp³-hybridized carbons (Fsp3) is 0.212. The van der Waals surface area contributed by atoms with Gasteiger partial charge >= 0.3 is 32.3 Å². The molecule has 0 saturated heterocycles. The first-order valence-electron chi connectivity index (χ1n) is 27.2. The second-order valence-corrected chi connectivity index (χ2v) is 21.2. The van der Waals surface area contributed by atoms with E-state index in [0.29, 0.717) is 33.4 Å². The summed E-state index contributed by atoms with van der Waals surface area (Å²) in [4.78, 5) is 57.4. The predicted octanol–water partition coefficient (Wildman–Crippen LogP) is 11.6. The van der Waals surface area contributed by atoms with E-state index >= 15 is 4.79 Å². The molecule has 0 fully saturated rings. The van der Waals surface area contributed by atoms with Crippen molar-refractivity contribution in [3.8, 4) is 11.5 Å². The number of hydrazine groups is 1. The van der Waals surface area contributed by atoms with Crippen molar-refractivity contribution in [2.24, 2.45) is 0 Å². The summed E-state index contributed by atoms with van der Waals surface area (Å²) in [6.07, 6.45) is -3.83. The SMILES string of the molecule is C[C@](Cc1ccc(OP(=O)(OCc2ccccc2)OCc2ccccc2)c(OCc2ccccc2)c1)(C(=O)N[C@@H](CCC(=O)OCc1ccccc1)C(=O)OCc1ccccc1)N(NC(=O)OCc1ccccc1)C([OH2+])OCc1ccccc1. The first-order valence-corrected chi connectivity index (χ1v) is 28.7. The van der Waals surface area contributed by atoms with E-state index in [-0.39, 0.29) is 77.0 Å². The van der Waals surface area contributed by atoms with Crippen molar-refractivity contribution in [1.29, 1.82) is 0 Å². The van der Waals surface area contributed by atoms with E-state index in [2.05, 4.69) is 10.7 Å². The number of nitrogens with one attached hydrogen (secondary N) is 2. The molecule has 0 saturated carbocycles. The summed E-state index contributed by atoms with van der Waals surface area (Å²) < 4.78 is 62.8. The van der Waals surface area contributed by atoms with Gasteiger partial charge in [-0.2, -0.15) is 0 Å². The molecular weight excluding hydrogens is 1090 g/mol. The van der Waals surface area contributed by atoms with Gasteiger partial charge < -0.3 is 33.9 Å². The molecule has 8 aromatic carbocycles. The summed E-state index contributed by atoms with van der Waals surface area (Å²) in [7, 11) is -4.49. The minimum absolute atomic E-state index is 0.00205. The number of nitrogens with zero attached hydrogens (tertiary/aromatic N) is 1. The Kier molecular flexibility index (Phi) is 22.9. The molecule has 0 heterocycles. The normalized spacial score (nSPS) is 12.7. The Balaban J connectivity index is 1.17. The predicted molar refractivity (Wildman–Crippen MR) is 314 cm³/mol. The highest BCUT2D eigenvalue weighted by atomic mass is 31.2. The van der Waals surface area contributed by atoms with Crippen molar-refractivity contribution in [2.75, 3.05) is 0 Å². The molecular formula is C66H67N3O14P+. The maximum absolute atomic E-state index is 15.7. The minimum Gasteiger partial charge on any atom is -0.485 e. The molecule has 434 valence electrons. The Morgan fingerprint density at radius 2 is 0.917 bits per heavy atom. The van der Waals surface area contributed by atoms with Crippen molar-refractivity contribution >= 4 is 31.8 Å². The summed E-state index contributed by atoms with van der Waals surface area (Å²) >= 11 is 0. The van der Waals surface area contributed by atoms with E-state index in [9.17, 15) is 24.1 Å². The van der Waals surface area contributed by atoms with Gasteiger partial charge in [0.1, 0.15) is 38.0 Å². The number of amides is 2. The maximum atomic E-state index is 15.7. The third-order valence-corrected chi connectivity index (χ3v) is 14.4. The molecule has 4 N–H and O–H groups in total. The number of phosphoric ester groups is 1. The van der Waals surface area contributed by atoms with Crippen LogP contribution in [0.2, 0.25) is 0 Å². The lowest BCUT2D eigenvalue weighted by Crippen LogP contribution is -2.68. The Morgan fingerprint density at radius 3 is 1.39 bits per heavy atom. The van der Waals surface area contributed by atoms with E-state index in [4.69, 9.17) is 37.3 Å². The van der Waals surface area contributed by atoms with Crippen LogP contribution < -0.4 is 20.0 Å². The van der Waals surface area contributed by atoms with Gasteiger partial charge in [-0.1, -0.05) is 218 Å². The summed E-state index contributed by atoms with van der Waals surface area (Å²) in [5, 5.41) is 13.4. The van der Waals surface area contributed by atoms with Crippen molar-refractivity contribution in [3.05, 3.63) is 275 Å². The van der Waals surface area contributed by atoms with Crippen LogP contribution in [-0.4, -0.2) is 52.0 Å². The highest BCUT2D eigenvalue weighted by molar-refractivity contribution is 7.48. The topological polar surface area (TPSA) is 209 Å². The van der Waals surface area contributed by atoms with Crippen molar-refractivity contribution in [3.63, 3.8) is 0 Å². The molecule has 2 amide bonds. The second-order valence-electron chi connectivity index (χ2n) is 19.6. The fourth-order valence-electron chi connectivity index (χ4n) is 8.51. The van der Waals surface area contributed by atoms with Crippen LogP contribution in [0.5, 0.6) is 11.5 Å². The number of benzene rings is 8. The van der Waals surface area contributed by atoms with Gasteiger partial charge in [0.05, 0.1) is 19.8 Å². The lowest BCUT2D eigenvalue weighted by atomic mass is 9.90.